The lowest BCUT2D eigenvalue weighted by atomic mass is 9.77. The molecule has 0 aliphatic carbocycles. The van der Waals surface area contributed by atoms with Crippen LogP contribution < -0.4 is 0 Å². The zero-order valence-corrected chi connectivity index (χ0v) is 17.3. The van der Waals surface area contributed by atoms with E-state index in [9.17, 15) is 4.79 Å². The molecule has 3 heterocycles. The maximum absolute atomic E-state index is 12.7. The molecule has 28 heavy (non-hydrogen) atoms. The zero-order valence-electron chi connectivity index (χ0n) is 17.3. The van der Waals surface area contributed by atoms with Gasteiger partial charge in [-0.25, -0.2) is 4.79 Å². The Morgan fingerprint density at radius 3 is 2.46 bits per heavy atom. The summed E-state index contributed by atoms with van der Waals surface area (Å²) in [5.74, 6) is 0. The van der Waals surface area contributed by atoms with E-state index in [1.165, 1.54) is 5.57 Å². The first-order valence-electron chi connectivity index (χ1n) is 10.3. The van der Waals surface area contributed by atoms with E-state index < -0.39 is 0 Å². The minimum absolute atomic E-state index is 0.124. The van der Waals surface area contributed by atoms with E-state index in [1.807, 2.05) is 35.2 Å². The largest absolute Gasteiger partial charge is 0.462 e. The molecular weight excluding hydrogens is 353 g/mol. The van der Waals surface area contributed by atoms with Gasteiger partial charge in [-0.1, -0.05) is 42.0 Å². The van der Waals surface area contributed by atoms with E-state index in [0.717, 1.165) is 31.1 Å². The fourth-order valence-corrected chi connectivity index (χ4v) is 4.41. The van der Waals surface area contributed by atoms with Crippen molar-refractivity contribution in [3.63, 3.8) is 0 Å². The Labute approximate surface area is 168 Å². The summed E-state index contributed by atoms with van der Waals surface area (Å²) in [6.45, 7) is 8.64. The van der Waals surface area contributed by atoms with Gasteiger partial charge in [0.2, 0.25) is 0 Å². The van der Waals surface area contributed by atoms with Gasteiger partial charge in [0.1, 0.15) is 6.61 Å². The van der Waals surface area contributed by atoms with Gasteiger partial charge >= 0.3 is 13.2 Å². The molecule has 2 atom stereocenters. The Bertz CT molecular complexity index is 745. The molecule has 6 heteroatoms. The number of carbonyl (C=O) groups excluding carboxylic acids is 1. The second-order valence-electron chi connectivity index (χ2n) is 9.17. The third-order valence-electron chi connectivity index (χ3n) is 6.62. The van der Waals surface area contributed by atoms with E-state index in [-0.39, 0.29) is 36.5 Å². The van der Waals surface area contributed by atoms with Crippen molar-refractivity contribution in [3.05, 3.63) is 47.5 Å². The van der Waals surface area contributed by atoms with Crippen LogP contribution in [0.15, 0.2) is 42.0 Å². The summed E-state index contributed by atoms with van der Waals surface area (Å²) < 4.78 is 17.9. The number of nitrogens with zero attached hydrogens (tertiary/aromatic N) is 1. The van der Waals surface area contributed by atoms with Crippen molar-refractivity contribution in [2.45, 2.75) is 83.2 Å². The lowest BCUT2D eigenvalue weighted by Gasteiger charge is -2.33. The van der Waals surface area contributed by atoms with Gasteiger partial charge in [-0.2, -0.15) is 0 Å². The summed E-state index contributed by atoms with van der Waals surface area (Å²) in [6, 6.07) is 10.2. The molecule has 0 saturated carbocycles. The van der Waals surface area contributed by atoms with E-state index in [0.29, 0.717) is 6.61 Å². The van der Waals surface area contributed by atoms with E-state index in [4.69, 9.17) is 14.0 Å². The Morgan fingerprint density at radius 2 is 1.82 bits per heavy atom. The van der Waals surface area contributed by atoms with Crippen molar-refractivity contribution in [1.82, 2.24) is 4.90 Å². The van der Waals surface area contributed by atoms with Crippen LogP contribution in [0.5, 0.6) is 0 Å². The highest BCUT2D eigenvalue weighted by Gasteiger charge is 2.51. The molecule has 2 saturated heterocycles. The highest BCUT2D eigenvalue weighted by Crippen LogP contribution is 2.41. The maximum Gasteiger partial charge on any atom is 0.462 e. The molecule has 0 N–H and O–H groups in total. The van der Waals surface area contributed by atoms with Gasteiger partial charge in [0.05, 0.1) is 17.2 Å². The van der Waals surface area contributed by atoms with Crippen LogP contribution >= 0.6 is 0 Å². The molecule has 1 amide bonds. The molecule has 0 aromatic heterocycles. The summed E-state index contributed by atoms with van der Waals surface area (Å²) in [6.07, 6.45) is 5.70. The smallest absolute Gasteiger partial charge is 0.445 e. The summed E-state index contributed by atoms with van der Waals surface area (Å²) in [4.78, 5) is 14.6. The van der Waals surface area contributed by atoms with Crippen LogP contribution in [-0.4, -0.2) is 41.4 Å². The second kappa shape index (κ2) is 7.23. The number of amides is 1. The molecular formula is C22H30BNO4. The first-order chi connectivity index (χ1) is 13.2. The summed E-state index contributed by atoms with van der Waals surface area (Å²) in [5, 5.41) is 0. The number of fused-ring (bicyclic) bond motifs is 2. The van der Waals surface area contributed by atoms with E-state index in [1.54, 1.807) is 0 Å². The van der Waals surface area contributed by atoms with Gasteiger partial charge in [-0.15, -0.1) is 0 Å². The summed E-state index contributed by atoms with van der Waals surface area (Å²) in [5.41, 5.74) is 1.73. The minimum Gasteiger partial charge on any atom is -0.445 e. The zero-order chi connectivity index (χ0) is 19.9. The van der Waals surface area contributed by atoms with Crippen molar-refractivity contribution < 1.29 is 18.8 Å². The number of hydrogen-bond donors (Lipinski definition) is 0. The number of rotatable bonds is 4. The Morgan fingerprint density at radius 1 is 1.14 bits per heavy atom. The van der Waals surface area contributed by atoms with Crippen LogP contribution in [0.25, 0.3) is 0 Å². The molecule has 1 aromatic rings. The van der Waals surface area contributed by atoms with Crippen molar-refractivity contribution >= 4 is 13.2 Å². The van der Waals surface area contributed by atoms with Crippen molar-refractivity contribution in [2.75, 3.05) is 0 Å². The first-order valence-corrected chi connectivity index (χ1v) is 10.3. The topological polar surface area (TPSA) is 48.0 Å². The quantitative estimate of drug-likeness (QED) is 0.564. The third kappa shape index (κ3) is 3.72. The molecule has 2 bridgehead atoms. The highest BCUT2D eigenvalue weighted by molar-refractivity contribution is 6.46. The van der Waals surface area contributed by atoms with E-state index in [2.05, 4.69) is 33.8 Å². The molecule has 5 nitrogen and oxygen atoms in total. The standard InChI is InChI=1S/C22H30BNO4/c1-21(2)22(3,4)28-23(27-21)14-17-12-18-10-11-19(13-17)24(18)20(25)26-15-16-8-6-5-7-9-16/h5-9,12,18-19H,10-11,13-15H2,1-4H3. The molecule has 150 valence electrons. The molecule has 3 aliphatic rings. The van der Waals surface area contributed by atoms with Crippen molar-refractivity contribution in [1.29, 1.82) is 0 Å². The van der Waals surface area contributed by atoms with Crippen LogP contribution in [0.3, 0.4) is 0 Å². The third-order valence-corrected chi connectivity index (χ3v) is 6.62. The predicted molar refractivity (Wildman–Crippen MR) is 109 cm³/mol. The normalized spacial score (nSPS) is 27.6. The van der Waals surface area contributed by atoms with E-state index >= 15 is 0 Å². The SMILES string of the molecule is CC1(C)OB(CC2=CC3CCC(C2)N3C(=O)OCc2ccccc2)OC1(C)C. The van der Waals surface area contributed by atoms with Crippen LogP contribution in [0.2, 0.25) is 6.32 Å². The first kappa shape index (κ1) is 19.5. The van der Waals surface area contributed by atoms with Crippen LogP contribution in [0.4, 0.5) is 4.79 Å². The molecule has 1 aromatic carbocycles. The van der Waals surface area contributed by atoms with Crippen LogP contribution in [0.1, 0.15) is 52.5 Å². The van der Waals surface area contributed by atoms with Gasteiger partial charge < -0.3 is 14.0 Å². The molecule has 0 spiro atoms. The minimum atomic E-state index is -0.306. The van der Waals surface area contributed by atoms with Crippen LogP contribution in [-0.2, 0) is 20.7 Å². The van der Waals surface area contributed by atoms with Gasteiger partial charge in [0.25, 0.3) is 0 Å². The average Bonchev–Trinajstić information content (AvgIpc) is 3.01. The molecule has 2 fully saturated rings. The lowest BCUT2D eigenvalue weighted by molar-refractivity contribution is 0.00578. The average molecular weight is 383 g/mol. The lowest BCUT2D eigenvalue weighted by Crippen LogP contribution is -2.43. The summed E-state index contributed by atoms with van der Waals surface area (Å²) >= 11 is 0. The number of carbonyl (C=O) groups is 1. The highest BCUT2D eigenvalue weighted by atomic mass is 16.7. The Balaban J connectivity index is 1.37. The molecule has 4 rings (SSSR count). The van der Waals surface area contributed by atoms with Gasteiger partial charge in [-0.3, -0.25) is 4.90 Å². The second-order valence-corrected chi connectivity index (χ2v) is 9.17. The van der Waals surface area contributed by atoms with Gasteiger partial charge in [0.15, 0.2) is 0 Å². The maximum atomic E-state index is 12.7. The molecule has 0 radical (unpaired) electrons. The number of hydrogen-bond acceptors (Lipinski definition) is 4. The van der Waals surface area contributed by atoms with Crippen molar-refractivity contribution in [2.24, 2.45) is 0 Å². The monoisotopic (exact) mass is 383 g/mol. The van der Waals surface area contributed by atoms with Crippen molar-refractivity contribution in [3.8, 4) is 0 Å². The number of benzene rings is 1. The van der Waals surface area contributed by atoms with Gasteiger partial charge in [-0.05, 0) is 52.5 Å². The Kier molecular flexibility index (Phi) is 5.04. The molecule has 2 unspecified atom stereocenters. The Hall–Kier alpha value is -1.79. The van der Waals surface area contributed by atoms with Gasteiger partial charge in [0, 0.05) is 12.4 Å². The fourth-order valence-electron chi connectivity index (χ4n) is 4.41. The predicted octanol–water partition coefficient (Wildman–Crippen LogP) is 4.58. The molecule has 3 aliphatic heterocycles. The summed E-state index contributed by atoms with van der Waals surface area (Å²) in [7, 11) is -0.216. The van der Waals surface area contributed by atoms with Crippen LogP contribution in [0, 0.1) is 0 Å². The fraction of sp³-hybridized carbons (Fsp3) is 0.591. The number of ether oxygens (including phenoxy) is 1.